The summed E-state index contributed by atoms with van der Waals surface area (Å²) in [7, 11) is 0. The number of aromatic nitrogens is 1. The predicted octanol–water partition coefficient (Wildman–Crippen LogP) is 2.23. The number of anilines is 1. The van der Waals surface area contributed by atoms with E-state index < -0.39 is 5.97 Å². The molecular formula is C14H23N3O2. The minimum absolute atomic E-state index is 0.226. The van der Waals surface area contributed by atoms with E-state index in [1.54, 1.807) is 12.1 Å². The molecular weight excluding hydrogens is 242 g/mol. The summed E-state index contributed by atoms with van der Waals surface area (Å²) < 4.78 is 0. The standard InChI is InChI=1S/C14H23N3O2/c1-4-9-17(5-2)10-8-15-13-12(14(18)19)7-6-11(3)16-13/h6-7H,4-5,8-10H2,1-3H3,(H,15,16)(H,18,19). The van der Waals surface area contributed by atoms with Crippen LogP contribution in [0, 0.1) is 6.92 Å². The summed E-state index contributed by atoms with van der Waals surface area (Å²) in [4.78, 5) is 17.7. The maximum atomic E-state index is 11.1. The summed E-state index contributed by atoms with van der Waals surface area (Å²) in [5.74, 6) is -0.490. The number of carboxylic acids is 1. The Balaban J connectivity index is 2.61. The number of likely N-dealkylation sites (N-methyl/N-ethyl adjacent to an activating group) is 1. The summed E-state index contributed by atoms with van der Waals surface area (Å²) in [6, 6.07) is 3.31. The summed E-state index contributed by atoms with van der Waals surface area (Å²) >= 11 is 0. The second-order valence-electron chi connectivity index (χ2n) is 4.51. The largest absolute Gasteiger partial charge is 0.478 e. The lowest BCUT2D eigenvalue weighted by Gasteiger charge is -2.20. The Kier molecular flexibility index (Phi) is 6.29. The summed E-state index contributed by atoms with van der Waals surface area (Å²) in [5.41, 5.74) is 1.04. The first-order chi connectivity index (χ1) is 9.08. The number of carbonyl (C=O) groups is 1. The second kappa shape index (κ2) is 7.74. The number of carboxylic acid groups (broad SMARTS) is 1. The first kappa shape index (κ1) is 15.4. The van der Waals surface area contributed by atoms with Crippen molar-refractivity contribution in [2.24, 2.45) is 0 Å². The van der Waals surface area contributed by atoms with Gasteiger partial charge in [-0.3, -0.25) is 0 Å². The fraction of sp³-hybridized carbons (Fsp3) is 0.571. The Morgan fingerprint density at radius 3 is 2.68 bits per heavy atom. The van der Waals surface area contributed by atoms with Gasteiger partial charge in [-0.2, -0.15) is 0 Å². The highest BCUT2D eigenvalue weighted by molar-refractivity contribution is 5.93. The summed E-state index contributed by atoms with van der Waals surface area (Å²) in [5, 5.41) is 12.2. The molecule has 0 bridgehead atoms. The quantitative estimate of drug-likeness (QED) is 0.754. The van der Waals surface area contributed by atoms with Crippen molar-refractivity contribution < 1.29 is 9.90 Å². The molecule has 0 aliphatic rings. The Labute approximate surface area is 114 Å². The van der Waals surface area contributed by atoms with E-state index in [-0.39, 0.29) is 5.56 Å². The molecule has 0 atom stereocenters. The molecule has 0 saturated carbocycles. The number of nitrogens with one attached hydrogen (secondary N) is 1. The third-order valence-electron chi connectivity index (χ3n) is 2.97. The van der Waals surface area contributed by atoms with Gasteiger partial charge in [0.15, 0.2) is 0 Å². The Morgan fingerprint density at radius 1 is 1.37 bits per heavy atom. The summed E-state index contributed by atoms with van der Waals surface area (Å²) in [6.45, 7) is 9.79. The lowest BCUT2D eigenvalue weighted by Crippen LogP contribution is -2.30. The zero-order valence-electron chi connectivity index (χ0n) is 11.9. The van der Waals surface area contributed by atoms with Crippen molar-refractivity contribution in [1.82, 2.24) is 9.88 Å². The fourth-order valence-electron chi connectivity index (χ4n) is 1.94. The number of nitrogens with zero attached hydrogens (tertiary/aromatic N) is 2. The molecule has 0 unspecified atom stereocenters. The van der Waals surface area contributed by atoms with Gasteiger partial charge in [-0.05, 0) is 38.6 Å². The molecule has 1 rings (SSSR count). The van der Waals surface area contributed by atoms with E-state index in [0.29, 0.717) is 12.4 Å². The molecule has 19 heavy (non-hydrogen) atoms. The minimum atomic E-state index is -0.948. The van der Waals surface area contributed by atoms with Gasteiger partial charge in [-0.25, -0.2) is 9.78 Å². The number of pyridine rings is 1. The monoisotopic (exact) mass is 265 g/mol. The number of hydrogen-bond acceptors (Lipinski definition) is 4. The van der Waals surface area contributed by atoms with Crippen LogP contribution in [0.2, 0.25) is 0 Å². The van der Waals surface area contributed by atoms with Crippen LogP contribution in [0.3, 0.4) is 0 Å². The molecule has 5 nitrogen and oxygen atoms in total. The molecule has 0 fully saturated rings. The van der Waals surface area contributed by atoms with Crippen molar-refractivity contribution in [2.75, 3.05) is 31.5 Å². The van der Waals surface area contributed by atoms with E-state index in [9.17, 15) is 4.79 Å². The van der Waals surface area contributed by atoms with E-state index >= 15 is 0 Å². The van der Waals surface area contributed by atoms with Gasteiger partial charge in [0.1, 0.15) is 11.4 Å². The van der Waals surface area contributed by atoms with E-state index in [2.05, 4.69) is 29.0 Å². The predicted molar refractivity (Wildman–Crippen MR) is 76.8 cm³/mol. The maximum Gasteiger partial charge on any atom is 0.339 e. The molecule has 0 aliphatic heterocycles. The van der Waals surface area contributed by atoms with Crippen molar-refractivity contribution >= 4 is 11.8 Å². The van der Waals surface area contributed by atoms with E-state index in [1.807, 2.05) is 6.92 Å². The Hall–Kier alpha value is -1.62. The van der Waals surface area contributed by atoms with E-state index in [1.165, 1.54) is 0 Å². The third kappa shape index (κ3) is 4.87. The van der Waals surface area contributed by atoms with Crippen LogP contribution in [0.1, 0.15) is 36.3 Å². The van der Waals surface area contributed by atoms with Gasteiger partial charge in [0, 0.05) is 18.8 Å². The van der Waals surface area contributed by atoms with Crippen LogP contribution in [0.5, 0.6) is 0 Å². The molecule has 0 saturated heterocycles. The average molecular weight is 265 g/mol. The zero-order chi connectivity index (χ0) is 14.3. The third-order valence-corrected chi connectivity index (χ3v) is 2.97. The maximum absolute atomic E-state index is 11.1. The molecule has 5 heteroatoms. The van der Waals surface area contributed by atoms with Crippen molar-refractivity contribution in [3.63, 3.8) is 0 Å². The molecule has 0 amide bonds. The highest BCUT2D eigenvalue weighted by Crippen LogP contribution is 2.13. The van der Waals surface area contributed by atoms with Gasteiger partial charge in [0.25, 0.3) is 0 Å². The van der Waals surface area contributed by atoms with Crippen LogP contribution in [0.15, 0.2) is 12.1 Å². The van der Waals surface area contributed by atoms with Crippen molar-refractivity contribution in [3.05, 3.63) is 23.4 Å². The van der Waals surface area contributed by atoms with Gasteiger partial charge in [-0.1, -0.05) is 13.8 Å². The van der Waals surface area contributed by atoms with Crippen LogP contribution in [-0.2, 0) is 0 Å². The van der Waals surface area contributed by atoms with Crippen molar-refractivity contribution in [2.45, 2.75) is 27.2 Å². The number of rotatable bonds is 8. The molecule has 0 spiro atoms. The van der Waals surface area contributed by atoms with Gasteiger partial charge in [-0.15, -0.1) is 0 Å². The average Bonchev–Trinajstić information content (AvgIpc) is 2.37. The molecule has 2 N–H and O–H groups in total. The van der Waals surface area contributed by atoms with Crippen LogP contribution >= 0.6 is 0 Å². The highest BCUT2D eigenvalue weighted by atomic mass is 16.4. The Bertz CT molecular complexity index is 421. The molecule has 1 aromatic heterocycles. The van der Waals surface area contributed by atoms with Crippen LogP contribution < -0.4 is 5.32 Å². The van der Waals surface area contributed by atoms with Gasteiger partial charge in [0.05, 0.1) is 0 Å². The van der Waals surface area contributed by atoms with E-state index in [4.69, 9.17) is 5.11 Å². The second-order valence-corrected chi connectivity index (χ2v) is 4.51. The highest BCUT2D eigenvalue weighted by Gasteiger charge is 2.11. The fourth-order valence-corrected chi connectivity index (χ4v) is 1.94. The van der Waals surface area contributed by atoms with Crippen molar-refractivity contribution in [1.29, 1.82) is 0 Å². The number of aromatic carboxylic acids is 1. The first-order valence-corrected chi connectivity index (χ1v) is 6.75. The smallest absolute Gasteiger partial charge is 0.339 e. The minimum Gasteiger partial charge on any atom is -0.478 e. The zero-order valence-corrected chi connectivity index (χ0v) is 11.9. The van der Waals surface area contributed by atoms with Crippen LogP contribution in [0.4, 0.5) is 5.82 Å². The number of hydrogen-bond donors (Lipinski definition) is 2. The molecule has 0 radical (unpaired) electrons. The molecule has 106 valence electrons. The lowest BCUT2D eigenvalue weighted by molar-refractivity contribution is 0.0697. The van der Waals surface area contributed by atoms with Crippen LogP contribution in [0.25, 0.3) is 0 Å². The van der Waals surface area contributed by atoms with Crippen LogP contribution in [-0.4, -0.2) is 47.1 Å². The molecule has 0 aromatic carbocycles. The van der Waals surface area contributed by atoms with E-state index in [0.717, 1.165) is 31.7 Å². The SMILES string of the molecule is CCCN(CC)CCNc1nc(C)ccc1C(=O)O. The van der Waals surface area contributed by atoms with Gasteiger partial charge in [0.2, 0.25) is 0 Å². The van der Waals surface area contributed by atoms with Gasteiger partial charge < -0.3 is 15.3 Å². The molecule has 1 aromatic rings. The summed E-state index contributed by atoms with van der Waals surface area (Å²) in [6.07, 6.45) is 1.12. The Morgan fingerprint density at radius 2 is 2.11 bits per heavy atom. The number of aryl methyl sites for hydroxylation is 1. The normalized spacial score (nSPS) is 10.7. The van der Waals surface area contributed by atoms with Gasteiger partial charge >= 0.3 is 5.97 Å². The lowest BCUT2D eigenvalue weighted by atomic mass is 10.2. The molecule has 1 heterocycles. The first-order valence-electron chi connectivity index (χ1n) is 6.75. The van der Waals surface area contributed by atoms with Crippen molar-refractivity contribution in [3.8, 4) is 0 Å². The topological polar surface area (TPSA) is 65.5 Å². The molecule has 0 aliphatic carbocycles.